The van der Waals surface area contributed by atoms with Crippen LogP contribution in [0, 0.1) is 11.8 Å². The van der Waals surface area contributed by atoms with Gasteiger partial charge in [-0.25, -0.2) is 0 Å². The fourth-order valence-electron chi connectivity index (χ4n) is 2.57. The highest BCUT2D eigenvalue weighted by Crippen LogP contribution is 2.29. The lowest BCUT2D eigenvalue weighted by Gasteiger charge is -2.23. The van der Waals surface area contributed by atoms with Crippen LogP contribution in [0.25, 0.3) is 0 Å². The van der Waals surface area contributed by atoms with Gasteiger partial charge in [0, 0.05) is 15.6 Å². The largest absolute Gasteiger partial charge is 0.376 e. The first-order chi connectivity index (χ1) is 12.1. The van der Waals surface area contributed by atoms with E-state index in [1.807, 2.05) is 72.8 Å². The van der Waals surface area contributed by atoms with Crippen molar-refractivity contribution in [2.45, 2.75) is 11.7 Å². The summed E-state index contributed by atoms with van der Waals surface area (Å²) in [6, 6.07) is 25.8. The minimum Gasteiger partial charge on any atom is -0.376 e. The van der Waals surface area contributed by atoms with Gasteiger partial charge in [-0.3, -0.25) is 0 Å². The monoisotopic (exact) mass is 392 g/mol. The minimum absolute atomic E-state index is 0.664. The lowest BCUT2D eigenvalue weighted by Crippen LogP contribution is -2.25. The Balaban J connectivity index is 2.01. The van der Waals surface area contributed by atoms with Crippen molar-refractivity contribution >= 4 is 15.9 Å². The zero-order valence-corrected chi connectivity index (χ0v) is 15.0. The molecule has 0 fully saturated rings. The van der Waals surface area contributed by atoms with Crippen LogP contribution in [0.4, 0.5) is 0 Å². The molecular formula is C22H17BrO2. The maximum Gasteiger partial charge on any atom is 0.176 e. The molecule has 0 aromatic heterocycles. The van der Waals surface area contributed by atoms with Gasteiger partial charge < -0.3 is 10.2 Å². The van der Waals surface area contributed by atoms with E-state index in [1.54, 1.807) is 12.1 Å². The summed E-state index contributed by atoms with van der Waals surface area (Å²) >= 11 is 3.37. The van der Waals surface area contributed by atoms with E-state index >= 15 is 0 Å². The molecule has 0 aliphatic carbocycles. The van der Waals surface area contributed by atoms with Gasteiger partial charge in [0.15, 0.2) is 5.60 Å². The molecule has 0 saturated carbocycles. The average molecular weight is 393 g/mol. The van der Waals surface area contributed by atoms with Gasteiger partial charge in [0.2, 0.25) is 0 Å². The molecule has 3 rings (SSSR count). The van der Waals surface area contributed by atoms with Gasteiger partial charge in [0.05, 0.1) is 0 Å². The Morgan fingerprint density at radius 2 is 1.24 bits per heavy atom. The van der Waals surface area contributed by atoms with Gasteiger partial charge in [-0.15, -0.1) is 0 Å². The van der Waals surface area contributed by atoms with E-state index in [0.29, 0.717) is 16.7 Å². The molecule has 0 bridgehead atoms. The minimum atomic E-state index is -1.49. The van der Waals surface area contributed by atoms with Gasteiger partial charge in [0.1, 0.15) is 6.10 Å². The van der Waals surface area contributed by atoms with Crippen LogP contribution in [0.3, 0.4) is 0 Å². The lowest BCUT2D eigenvalue weighted by molar-refractivity contribution is 0.144. The first kappa shape index (κ1) is 17.4. The fourth-order valence-corrected chi connectivity index (χ4v) is 2.84. The zero-order chi connectivity index (χ0) is 17.7. The molecule has 0 spiro atoms. The first-order valence-electron chi connectivity index (χ1n) is 7.89. The van der Waals surface area contributed by atoms with Crippen LogP contribution in [0.5, 0.6) is 0 Å². The fraction of sp³-hybridized carbons (Fsp3) is 0.0909. The third kappa shape index (κ3) is 4.00. The Labute approximate surface area is 155 Å². The second-order valence-electron chi connectivity index (χ2n) is 5.67. The number of rotatable bonds is 3. The SMILES string of the molecule is OC(C#CC(O)(c1ccccc1)c1ccccc1)c1ccc(Br)cc1. The number of aliphatic hydroxyl groups excluding tert-OH is 1. The van der Waals surface area contributed by atoms with E-state index in [1.165, 1.54) is 0 Å². The van der Waals surface area contributed by atoms with E-state index in [-0.39, 0.29) is 0 Å². The number of aliphatic hydroxyl groups is 2. The van der Waals surface area contributed by atoms with Crippen molar-refractivity contribution in [3.05, 3.63) is 106 Å². The number of hydrogen-bond donors (Lipinski definition) is 2. The van der Waals surface area contributed by atoms with Crippen LogP contribution in [0.1, 0.15) is 22.8 Å². The van der Waals surface area contributed by atoms with Crippen molar-refractivity contribution in [1.29, 1.82) is 0 Å². The summed E-state index contributed by atoms with van der Waals surface area (Å²) in [5, 5.41) is 21.7. The molecule has 0 heterocycles. The summed E-state index contributed by atoms with van der Waals surface area (Å²) in [4.78, 5) is 0. The molecule has 2 N–H and O–H groups in total. The first-order valence-corrected chi connectivity index (χ1v) is 8.68. The molecule has 3 aromatic rings. The zero-order valence-electron chi connectivity index (χ0n) is 13.4. The standard InChI is InChI=1S/C22H17BrO2/c23-20-13-11-17(12-14-20)21(24)15-16-22(25,18-7-3-1-4-8-18)19-9-5-2-6-10-19/h1-14,21,24-25H. The third-order valence-corrected chi connectivity index (χ3v) is 4.49. The predicted octanol–water partition coefficient (Wildman–Crippen LogP) is 4.42. The van der Waals surface area contributed by atoms with E-state index in [2.05, 4.69) is 27.8 Å². The predicted molar refractivity (Wildman–Crippen MR) is 103 cm³/mol. The number of hydrogen-bond acceptors (Lipinski definition) is 2. The van der Waals surface area contributed by atoms with Crippen LogP contribution in [0.2, 0.25) is 0 Å². The van der Waals surface area contributed by atoms with E-state index in [9.17, 15) is 10.2 Å². The van der Waals surface area contributed by atoms with Crippen molar-refractivity contribution in [2.75, 3.05) is 0 Å². The molecule has 0 aliphatic heterocycles. The average Bonchev–Trinajstić information content (AvgIpc) is 2.68. The van der Waals surface area contributed by atoms with Gasteiger partial charge in [-0.2, -0.15) is 0 Å². The van der Waals surface area contributed by atoms with Crippen LogP contribution in [-0.2, 0) is 5.60 Å². The molecule has 124 valence electrons. The van der Waals surface area contributed by atoms with E-state index in [0.717, 1.165) is 4.47 Å². The molecule has 1 unspecified atom stereocenters. The van der Waals surface area contributed by atoms with E-state index < -0.39 is 11.7 Å². The summed E-state index contributed by atoms with van der Waals surface area (Å²) < 4.78 is 0.932. The highest BCUT2D eigenvalue weighted by atomic mass is 79.9. The third-order valence-electron chi connectivity index (χ3n) is 3.96. The molecule has 0 saturated heterocycles. The van der Waals surface area contributed by atoms with Crippen LogP contribution in [-0.4, -0.2) is 10.2 Å². The van der Waals surface area contributed by atoms with Crippen molar-refractivity contribution in [3.8, 4) is 11.8 Å². The summed E-state index contributed by atoms with van der Waals surface area (Å²) in [6.07, 6.45) is -0.980. The quantitative estimate of drug-likeness (QED) is 0.647. The molecule has 0 aliphatic rings. The van der Waals surface area contributed by atoms with Crippen molar-refractivity contribution < 1.29 is 10.2 Å². The second kappa shape index (κ2) is 7.67. The Kier molecular flexibility index (Phi) is 5.35. The molecule has 25 heavy (non-hydrogen) atoms. The molecule has 2 nitrogen and oxygen atoms in total. The van der Waals surface area contributed by atoms with Gasteiger partial charge in [-0.05, 0) is 17.7 Å². The summed E-state index contributed by atoms with van der Waals surface area (Å²) in [7, 11) is 0. The highest BCUT2D eigenvalue weighted by Gasteiger charge is 2.29. The highest BCUT2D eigenvalue weighted by molar-refractivity contribution is 9.10. The van der Waals surface area contributed by atoms with Crippen molar-refractivity contribution in [2.24, 2.45) is 0 Å². The molecule has 3 heteroatoms. The lowest BCUT2D eigenvalue weighted by atomic mass is 9.86. The number of halogens is 1. The molecule has 0 radical (unpaired) electrons. The summed E-state index contributed by atoms with van der Waals surface area (Å²) in [5.41, 5.74) is 0.520. The molecule has 3 aromatic carbocycles. The topological polar surface area (TPSA) is 40.5 Å². The van der Waals surface area contributed by atoms with Gasteiger partial charge >= 0.3 is 0 Å². The Hall–Kier alpha value is -2.38. The Morgan fingerprint density at radius 3 is 1.72 bits per heavy atom. The number of benzene rings is 3. The van der Waals surface area contributed by atoms with Gasteiger partial charge in [-0.1, -0.05) is 101 Å². The Bertz CT molecular complexity index is 839. The van der Waals surface area contributed by atoms with Crippen LogP contribution in [0.15, 0.2) is 89.4 Å². The molecule has 0 amide bonds. The van der Waals surface area contributed by atoms with Crippen molar-refractivity contribution in [1.82, 2.24) is 0 Å². The van der Waals surface area contributed by atoms with E-state index in [4.69, 9.17) is 0 Å². The summed E-state index contributed by atoms with van der Waals surface area (Å²) in [6.45, 7) is 0. The van der Waals surface area contributed by atoms with Crippen LogP contribution >= 0.6 is 15.9 Å². The summed E-state index contributed by atoms with van der Waals surface area (Å²) in [5.74, 6) is 5.68. The van der Waals surface area contributed by atoms with Crippen molar-refractivity contribution in [3.63, 3.8) is 0 Å². The van der Waals surface area contributed by atoms with Crippen LogP contribution < -0.4 is 0 Å². The molecule has 1 atom stereocenters. The normalized spacial score (nSPS) is 12.1. The smallest absolute Gasteiger partial charge is 0.176 e. The Morgan fingerprint density at radius 1 is 0.760 bits per heavy atom. The maximum absolute atomic E-state index is 11.3. The maximum atomic E-state index is 11.3. The second-order valence-corrected chi connectivity index (χ2v) is 6.58. The van der Waals surface area contributed by atoms with Gasteiger partial charge in [0.25, 0.3) is 0 Å². The molecular weight excluding hydrogens is 376 g/mol.